The number of halogens is 2. The molecular formula is C17H22F2N2O4. The van der Waals surface area contributed by atoms with Gasteiger partial charge >= 0.3 is 5.97 Å². The summed E-state index contributed by atoms with van der Waals surface area (Å²) in [6, 6.07) is 1.90. The molecule has 1 fully saturated rings. The van der Waals surface area contributed by atoms with E-state index in [-0.39, 0.29) is 24.7 Å². The number of hydrogen-bond acceptors (Lipinski definition) is 4. The van der Waals surface area contributed by atoms with Crippen molar-refractivity contribution in [2.24, 2.45) is 5.92 Å². The highest BCUT2D eigenvalue weighted by atomic mass is 19.1. The number of carboxylic acids is 1. The van der Waals surface area contributed by atoms with Crippen molar-refractivity contribution >= 4 is 11.9 Å². The number of hydrogen-bond donors (Lipinski definition) is 4. The lowest BCUT2D eigenvalue weighted by Gasteiger charge is -2.28. The zero-order valence-electron chi connectivity index (χ0n) is 13.8. The summed E-state index contributed by atoms with van der Waals surface area (Å²) < 4.78 is 26.7. The summed E-state index contributed by atoms with van der Waals surface area (Å²) in [6.45, 7) is 1.75. The minimum atomic E-state index is -1.02. The molecule has 4 N–H and O–H groups in total. The summed E-state index contributed by atoms with van der Waals surface area (Å²) in [4.78, 5) is 22.2. The largest absolute Gasteiger partial charge is 0.481 e. The first-order valence-electron chi connectivity index (χ1n) is 8.10. The summed E-state index contributed by atoms with van der Waals surface area (Å²) in [5, 5.41) is 25.1. The number of aliphatic hydroxyl groups excluding tert-OH is 1. The van der Waals surface area contributed by atoms with Crippen molar-refractivity contribution in [3.05, 3.63) is 35.4 Å². The maximum Gasteiger partial charge on any atom is 0.303 e. The first-order chi connectivity index (χ1) is 11.7. The second kappa shape index (κ2) is 8.35. The molecule has 2 rings (SSSR count). The van der Waals surface area contributed by atoms with Crippen LogP contribution in [-0.4, -0.2) is 46.8 Å². The smallest absolute Gasteiger partial charge is 0.303 e. The maximum absolute atomic E-state index is 13.4. The quantitative estimate of drug-likeness (QED) is 0.580. The fraction of sp³-hybridized carbons (Fsp3) is 0.529. The average molecular weight is 356 g/mol. The first kappa shape index (κ1) is 19.3. The SMILES string of the molecule is CC(=O)N[C@@H](Cc1cc(F)cc(F)c1)[C@H](O)C1CC(CC(=O)O)CN1. The van der Waals surface area contributed by atoms with Crippen LogP contribution in [0, 0.1) is 17.6 Å². The van der Waals surface area contributed by atoms with Crippen molar-refractivity contribution < 1.29 is 28.6 Å². The van der Waals surface area contributed by atoms with Gasteiger partial charge in [-0.3, -0.25) is 9.59 Å². The van der Waals surface area contributed by atoms with E-state index in [1.165, 1.54) is 6.92 Å². The second-order valence-electron chi connectivity index (χ2n) is 6.49. The summed E-state index contributed by atoms with van der Waals surface area (Å²) in [5.41, 5.74) is 0.315. The zero-order chi connectivity index (χ0) is 18.6. The van der Waals surface area contributed by atoms with Crippen LogP contribution in [0.5, 0.6) is 0 Å². The predicted octanol–water partition coefficient (Wildman–Crippen LogP) is 0.826. The molecule has 1 aliphatic rings. The molecule has 25 heavy (non-hydrogen) atoms. The monoisotopic (exact) mass is 356 g/mol. The van der Waals surface area contributed by atoms with E-state index in [0.717, 1.165) is 18.2 Å². The van der Waals surface area contributed by atoms with Crippen LogP contribution in [0.25, 0.3) is 0 Å². The molecule has 8 heteroatoms. The van der Waals surface area contributed by atoms with Crippen molar-refractivity contribution in [3.8, 4) is 0 Å². The third-order valence-corrected chi connectivity index (χ3v) is 4.31. The van der Waals surface area contributed by atoms with Crippen LogP contribution >= 0.6 is 0 Å². The topological polar surface area (TPSA) is 98.7 Å². The van der Waals surface area contributed by atoms with Crippen molar-refractivity contribution in [1.82, 2.24) is 10.6 Å². The van der Waals surface area contributed by atoms with Crippen molar-refractivity contribution in [2.45, 2.75) is 44.4 Å². The van der Waals surface area contributed by atoms with Gasteiger partial charge in [-0.25, -0.2) is 8.78 Å². The van der Waals surface area contributed by atoms with E-state index in [4.69, 9.17) is 5.11 Å². The summed E-state index contributed by atoms with van der Waals surface area (Å²) in [6.07, 6.45) is -0.525. The van der Waals surface area contributed by atoms with Gasteiger partial charge in [-0.2, -0.15) is 0 Å². The van der Waals surface area contributed by atoms with Gasteiger partial charge in [-0.1, -0.05) is 0 Å². The number of carbonyl (C=O) groups excluding carboxylic acids is 1. The number of aliphatic carboxylic acids is 1. The van der Waals surface area contributed by atoms with Crippen molar-refractivity contribution in [3.63, 3.8) is 0 Å². The van der Waals surface area contributed by atoms with Gasteiger partial charge in [0.1, 0.15) is 11.6 Å². The van der Waals surface area contributed by atoms with E-state index in [9.17, 15) is 23.5 Å². The molecule has 1 aliphatic heterocycles. The number of benzene rings is 1. The highest BCUT2D eigenvalue weighted by Crippen LogP contribution is 2.22. The third-order valence-electron chi connectivity index (χ3n) is 4.31. The molecule has 0 aromatic heterocycles. The van der Waals surface area contributed by atoms with E-state index in [0.29, 0.717) is 18.5 Å². The van der Waals surface area contributed by atoms with Gasteiger partial charge in [0.25, 0.3) is 0 Å². The van der Waals surface area contributed by atoms with Gasteiger partial charge in [-0.15, -0.1) is 0 Å². The summed E-state index contributed by atoms with van der Waals surface area (Å²) >= 11 is 0. The molecular weight excluding hydrogens is 334 g/mol. The highest BCUT2D eigenvalue weighted by molar-refractivity contribution is 5.73. The number of nitrogens with one attached hydrogen (secondary N) is 2. The lowest BCUT2D eigenvalue weighted by atomic mass is 9.92. The van der Waals surface area contributed by atoms with Crippen LogP contribution in [0.15, 0.2) is 18.2 Å². The van der Waals surface area contributed by atoms with Crippen molar-refractivity contribution in [1.29, 1.82) is 0 Å². The molecule has 138 valence electrons. The maximum atomic E-state index is 13.4. The van der Waals surface area contributed by atoms with Crippen LogP contribution in [0.1, 0.15) is 25.3 Å². The lowest BCUT2D eigenvalue weighted by molar-refractivity contribution is -0.138. The number of aliphatic hydroxyl groups is 1. The Hall–Kier alpha value is -2.06. The highest BCUT2D eigenvalue weighted by Gasteiger charge is 2.35. The average Bonchev–Trinajstić information content (AvgIpc) is 2.91. The summed E-state index contributed by atoms with van der Waals surface area (Å²) in [7, 11) is 0. The first-order valence-corrected chi connectivity index (χ1v) is 8.10. The Morgan fingerprint density at radius 1 is 1.32 bits per heavy atom. The van der Waals surface area contributed by atoms with Gasteiger partial charge in [0.05, 0.1) is 12.1 Å². The Bertz CT molecular complexity index is 621. The van der Waals surface area contributed by atoms with Gasteiger partial charge < -0.3 is 20.8 Å². The molecule has 1 amide bonds. The fourth-order valence-electron chi connectivity index (χ4n) is 3.29. The van der Waals surface area contributed by atoms with Gasteiger partial charge in [0, 0.05) is 25.5 Å². The predicted molar refractivity (Wildman–Crippen MR) is 85.8 cm³/mol. The molecule has 0 saturated carbocycles. The Labute approximate surface area is 144 Å². The lowest BCUT2D eigenvalue weighted by Crippen LogP contribution is -2.51. The molecule has 1 aromatic carbocycles. The third kappa shape index (κ3) is 5.75. The number of carbonyl (C=O) groups is 2. The molecule has 1 aromatic rings. The van der Waals surface area contributed by atoms with Gasteiger partial charge in [-0.05, 0) is 43.0 Å². The second-order valence-corrected chi connectivity index (χ2v) is 6.49. The van der Waals surface area contributed by atoms with E-state index in [2.05, 4.69) is 10.6 Å². The standard InChI is InChI=1S/C17H22F2N2O4/c1-9(22)21-15(4-10-2-12(18)7-13(19)3-10)17(25)14-5-11(8-20-14)6-16(23)24/h2-3,7,11,14-15,17,20,25H,4-6,8H2,1H3,(H,21,22)(H,23,24)/t11?,14?,15-,17+/m0/s1. The molecule has 0 bridgehead atoms. The van der Waals surface area contributed by atoms with Crippen LogP contribution in [-0.2, 0) is 16.0 Å². The van der Waals surface area contributed by atoms with Crippen LogP contribution < -0.4 is 10.6 Å². The molecule has 0 spiro atoms. The Kier molecular flexibility index (Phi) is 6.44. The zero-order valence-corrected chi connectivity index (χ0v) is 13.8. The molecule has 4 atom stereocenters. The molecule has 0 aliphatic carbocycles. The number of rotatable bonds is 7. The minimum absolute atomic E-state index is 0.00384. The van der Waals surface area contributed by atoms with E-state index >= 15 is 0 Å². The van der Waals surface area contributed by atoms with Gasteiger partial charge in [0.2, 0.25) is 5.91 Å². The molecule has 1 saturated heterocycles. The fourth-order valence-corrected chi connectivity index (χ4v) is 3.29. The van der Waals surface area contributed by atoms with E-state index in [1.807, 2.05) is 0 Å². The molecule has 2 unspecified atom stereocenters. The summed E-state index contributed by atoms with van der Waals surface area (Å²) in [5.74, 6) is -2.85. The normalized spacial score (nSPS) is 22.4. The van der Waals surface area contributed by atoms with Gasteiger partial charge in [0.15, 0.2) is 0 Å². The number of amides is 1. The van der Waals surface area contributed by atoms with Crippen LogP contribution in [0.2, 0.25) is 0 Å². The molecule has 1 heterocycles. The van der Waals surface area contributed by atoms with Crippen LogP contribution in [0.3, 0.4) is 0 Å². The minimum Gasteiger partial charge on any atom is -0.481 e. The van der Waals surface area contributed by atoms with E-state index < -0.39 is 35.8 Å². The Morgan fingerprint density at radius 3 is 2.52 bits per heavy atom. The Morgan fingerprint density at radius 2 is 1.96 bits per heavy atom. The van der Waals surface area contributed by atoms with E-state index in [1.54, 1.807) is 0 Å². The molecule has 0 radical (unpaired) electrons. The Balaban J connectivity index is 2.08. The number of carboxylic acid groups (broad SMARTS) is 1. The molecule has 6 nitrogen and oxygen atoms in total. The van der Waals surface area contributed by atoms with Crippen LogP contribution in [0.4, 0.5) is 8.78 Å². The van der Waals surface area contributed by atoms with Crippen molar-refractivity contribution in [2.75, 3.05) is 6.54 Å².